The Balaban J connectivity index is 1.65. The number of hydrogen-bond acceptors (Lipinski definition) is 8. The van der Waals surface area contributed by atoms with Crippen molar-refractivity contribution in [3.8, 4) is 0 Å². The van der Waals surface area contributed by atoms with Crippen molar-refractivity contribution in [3.05, 3.63) is 24.2 Å². The minimum Gasteiger partial charge on any atom is -0.435 e. The Morgan fingerprint density at radius 3 is 2.93 bits per heavy atom. The minimum atomic E-state index is -3.32. The van der Waals surface area contributed by atoms with Gasteiger partial charge in [-0.25, -0.2) is 27.9 Å². The first kappa shape index (κ1) is 19.8. The zero-order valence-corrected chi connectivity index (χ0v) is 15.8. The molecule has 2 atom stereocenters. The average Bonchev–Trinajstić information content (AvgIpc) is 3.25. The van der Waals surface area contributed by atoms with Crippen molar-refractivity contribution in [1.82, 2.24) is 25.2 Å². The molecular weight excluding hydrogens is 406 g/mol. The van der Waals surface area contributed by atoms with E-state index < -0.39 is 42.6 Å². The van der Waals surface area contributed by atoms with E-state index in [0.29, 0.717) is 11.3 Å². The molecule has 4 rings (SSSR count). The third kappa shape index (κ3) is 3.57. The number of nitrogens with one attached hydrogen (secondary N) is 2. The third-order valence-corrected chi connectivity index (χ3v) is 4.84. The summed E-state index contributed by atoms with van der Waals surface area (Å²) in [5.41, 5.74) is 0.863. The summed E-state index contributed by atoms with van der Waals surface area (Å²) < 4.78 is 39.7. The second kappa shape index (κ2) is 7.39. The highest BCUT2D eigenvalue weighted by Gasteiger charge is 2.51. The highest BCUT2D eigenvalue weighted by Crippen LogP contribution is 2.35. The van der Waals surface area contributed by atoms with Gasteiger partial charge in [0.1, 0.15) is 0 Å². The van der Waals surface area contributed by atoms with Gasteiger partial charge in [-0.1, -0.05) is 0 Å². The van der Waals surface area contributed by atoms with Gasteiger partial charge in [-0.2, -0.15) is 5.10 Å². The van der Waals surface area contributed by atoms with Crippen LogP contribution in [-0.4, -0.2) is 71.0 Å². The van der Waals surface area contributed by atoms with Gasteiger partial charge >= 0.3 is 18.1 Å². The maximum Gasteiger partial charge on any atom is 0.508 e. The average molecular weight is 424 g/mol. The molecule has 3 amide bonds. The van der Waals surface area contributed by atoms with Crippen molar-refractivity contribution in [2.24, 2.45) is 0 Å². The fourth-order valence-corrected chi connectivity index (χ4v) is 3.42. The molecular formula is C17H18F2N6O5. The minimum absolute atomic E-state index is 0.00322. The summed E-state index contributed by atoms with van der Waals surface area (Å²) in [5.74, 6) is -4.68. The summed E-state index contributed by atoms with van der Waals surface area (Å²) in [6.07, 6.45) is 0.0853. The van der Waals surface area contributed by atoms with Crippen LogP contribution < -0.4 is 15.5 Å². The number of carbonyl (C=O) groups excluding carboxylic acids is 3. The molecule has 4 heterocycles. The highest BCUT2D eigenvalue weighted by atomic mass is 19.3. The molecule has 2 aliphatic heterocycles. The van der Waals surface area contributed by atoms with Crippen LogP contribution in [-0.2, 0) is 14.3 Å². The predicted octanol–water partition coefficient (Wildman–Crippen LogP) is 0.649. The number of halogens is 2. The van der Waals surface area contributed by atoms with Crippen molar-refractivity contribution in [2.75, 3.05) is 31.1 Å². The van der Waals surface area contributed by atoms with Crippen LogP contribution in [0.15, 0.2) is 18.5 Å². The van der Waals surface area contributed by atoms with E-state index in [9.17, 15) is 23.2 Å². The number of fused-ring (bicyclic) bond motifs is 1. The number of hydrogen-bond donors (Lipinski definition) is 2. The summed E-state index contributed by atoms with van der Waals surface area (Å²) in [5, 5.41) is 8.98. The van der Waals surface area contributed by atoms with Gasteiger partial charge in [0.05, 0.1) is 37.0 Å². The van der Waals surface area contributed by atoms with Crippen molar-refractivity contribution < 1.29 is 32.6 Å². The van der Waals surface area contributed by atoms with Crippen molar-refractivity contribution >= 4 is 29.4 Å². The number of alkyl halides is 2. The molecule has 0 radical (unpaired) electrons. The van der Waals surface area contributed by atoms with Crippen LogP contribution >= 0.6 is 0 Å². The van der Waals surface area contributed by atoms with E-state index in [2.05, 4.69) is 25.5 Å². The number of imidazole rings is 1. The molecule has 13 heteroatoms. The Morgan fingerprint density at radius 1 is 1.40 bits per heavy atom. The van der Waals surface area contributed by atoms with E-state index in [-0.39, 0.29) is 25.4 Å². The van der Waals surface area contributed by atoms with Gasteiger partial charge in [-0.3, -0.25) is 10.1 Å². The SMILES string of the molecule is CCOC(=O)OC1CN(c2cc(C3CNC(=O)NC3=O)nn3ccnc23)CC1(F)F. The molecule has 30 heavy (non-hydrogen) atoms. The Kier molecular flexibility index (Phi) is 4.87. The molecule has 2 aliphatic rings. The van der Waals surface area contributed by atoms with Crippen LogP contribution in [0.3, 0.4) is 0 Å². The lowest BCUT2D eigenvalue weighted by molar-refractivity contribution is -0.122. The molecule has 160 valence electrons. The number of carbonyl (C=O) groups is 3. The van der Waals surface area contributed by atoms with E-state index in [1.807, 2.05) is 0 Å². The van der Waals surface area contributed by atoms with Crippen LogP contribution in [0.1, 0.15) is 18.5 Å². The molecule has 0 aliphatic carbocycles. The normalized spacial score (nSPS) is 23.2. The summed E-state index contributed by atoms with van der Waals surface area (Å²) in [7, 11) is 0. The van der Waals surface area contributed by atoms with Crippen LogP contribution in [0.25, 0.3) is 5.65 Å². The summed E-state index contributed by atoms with van der Waals surface area (Å²) >= 11 is 0. The smallest absolute Gasteiger partial charge is 0.435 e. The van der Waals surface area contributed by atoms with Gasteiger partial charge in [0.2, 0.25) is 5.91 Å². The fourth-order valence-electron chi connectivity index (χ4n) is 3.42. The lowest BCUT2D eigenvalue weighted by Crippen LogP contribution is -2.51. The first-order chi connectivity index (χ1) is 14.3. The Hall–Kier alpha value is -3.51. The molecule has 0 spiro atoms. The number of nitrogens with zero attached hydrogens (tertiary/aromatic N) is 4. The zero-order chi connectivity index (χ0) is 21.5. The quantitative estimate of drug-likeness (QED) is 0.685. The lowest BCUT2D eigenvalue weighted by atomic mass is 10.0. The van der Waals surface area contributed by atoms with Crippen molar-refractivity contribution in [1.29, 1.82) is 0 Å². The number of imide groups is 1. The number of amides is 3. The summed E-state index contributed by atoms with van der Waals surface area (Å²) in [4.78, 5) is 40.5. The monoisotopic (exact) mass is 424 g/mol. The molecule has 11 nitrogen and oxygen atoms in total. The molecule has 2 aromatic rings. The Morgan fingerprint density at radius 2 is 2.20 bits per heavy atom. The van der Waals surface area contributed by atoms with Crippen molar-refractivity contribution in [2.45, 2.75) is 24.9 Å². The number of rotatable bonds is 4. The molecule has 2 aromatic heterocycles. The predicted molar refractivity (Wildman–Crippen MR) is 96.3 cm³/mol. The molecule has 0 aromatic carbocycles. The number of urea groups is 1. The molecule has 2 unspecified atom stereocenters. The second-order valence-electron chi connectivity index (χ2n) is 6.83. The Labute approximate surface area is 168 Å². The van der Waals surface area contributed by atoms with Crippen LogP contribution in [0.5, 0.6) is 0 Å². The van der Waals surface area contributed by atoms with E-state index >= 15 is 0 Å². The largest absolute Gasteiger partial charge is 0.508 e. The zero-order valence-electron chi connectivity index (χ0n) is 15.8. The van der Waals surface area contributed by atoms with Gasteiger partial charge in [0.15, 0.2) is 11.8 Å². The molecule has 2 saturated heterocycles. The second-order valence-corrected chi connectivity index (χ2v) is 6.83. The van der Waals surface area contributed by atoms with Crippen LogP contribution in [0.4, 0.5) is 24.1 Å². The first-order valence-corrected chi connectivity index (χ1v) is 9.17. The number of aromatic nitrogens is 3. The van der Waals surface area contributed by atoms with Gasteiger partial charge in [-0.05, 0) is 13.0 Å². The topological polar surface area (TPSA) is 127 Å². The first-order valence-electron chi connectivity index (χ1n) is 9.17. The van der Waals surface area contributed by atoms with E-state index in [0.717, 1.165) is 0 Å². The van der Waals surface area contributed by atoms with Crippen molar-refractivity contribution in [3.63, 3.8) is 0 Å². The molecule has 0 saturated carbocycles. The highest BCUT2D eigenvalue weighted by molar-refractivity contribution is 6.00. The van der Waals surface area contributed by atoms with E-state index in [4.69, 9.17) is 4.74 Å². The lowest BCUT2D eigenvalue weighted by Gasteiger charge is -2.24. The Bertz CT molecular complexity index is 1010. The van der Waals surface area contributed by atoms with Crippen LogP contribution in [0, 0.1) is 0 Å². The number of anilines is 1. The maximum atomic E-state index is 14.5. The summed E-state index contributed by atoms with van der Waals surface area (Å²) in [6.45, 7) is 0.533. The van der Waals surface area contributed by atoms with E-state index in [1.54, 1.807) is 0 Å². The molecule has 2 fully saturated rings. The van der Waals surface area contributed by atoms with E-state index in [1.165, 1.54) is 34.8 Å². The van der Waals surface area contributed by atoms with Gasteiger partial charge in [0.25, 0.3) is 0 Å². The third-order valence-electron chi connectivity index (χ3n) is 4.84. The molecule has 2 N–H and O–H groups in total. The van der Waals surface area contributed by atoms with Gasteiger partial charge in [-0.15, -0.1) is 0 Å². The molecule has 0 bridgehead atoms. The standard InChI is InChI=1S/C17H18F2N6O5/c1-2-29-16(28)30-12-7-24(8-17(12,18)19)11-5-10(23-25-4-3-20-13(11)25)9-6-21-15(27)22-14(9)26/h3-5,9,12H,2,6-8H2,1H3,(H2,21,22,26,27). The fraction of sp³-hybridized carbons (Fsp3) is 0.471. The van der Waals surface area contributed by atoms with Gasteiger partial charge < -0.3 is 19.7 Å². The summed E-state index contributed by atoms with van der Waals surface area (Å²) in [6, 6.07) is 0.866. The van der Waals surface area contributed by atoms with Gasteiger partial charge in [0, 0.05) is 18.9 Å². The maximum absolute atomic E-state index is 14.5. The number of ether oxygens (including phenoxy) is 2. The van der Waals surface area contributed by atoms with Crippen LogP contribution in [0.2, 0.25) is 0 Å².